The second-order valence-electron chi connectivity index (χ2n) is 3.85. The fourth-order valence-corrected chi connectivity index (χ4v) is 1.84. The van der Waals surface area contributed by atoms with Crippen molar-refractivity contribution < 1.29 is 24.2 Å². The number of hydrogen-bond donors (Lipinski definition) is 1. The third-order valence-corrected chi connectivity index (χ3v) is 2.62. The van der Waals surface area contributed by atoms with E-state index in [1.807, 2.05) is 0 Å². The molecule has 1 aliphatic rings. The summed E-state index contributed by atoms with van der Waals surface area (Å²) in [5, 5.41) is 9.52. The van der Waals surface area contributed by atoms with Crippen LogP contribution in [0, 0.1) is 0 Å². The number of carbonyl (C=O) groups is 2. The quantitative estimate of drug-likeness (QED) is 0.734. The molecule has 1 amide bonds. The monoisotopic (exact) mass is 245 g/mol. The van der Waals surface area contributed by atoms with Crippen LogP contribution in [0.25, 0.3) is 0 Å². The highest BCUT2D eigenvalue weighted by atomic mass is 16.6. The molecule has 1 rings (SSSR count). The van der Waals surface area contributed by atoms with Crippen molar-refractivity contribution in [2.75, 3.05) is 19.8 Å². The second kappa shape index (κ2) is 6.44. The SMILES string of the molecule is CCOC(=O)[C@@H]1CC[C@@H](O)CN1C(=O)OCC. The Bertz CT molecular complexity index is 281. The van der Waals surface area contributed by atoms with Gasteiger partial charge in [0.1, 0.15) is 6.04 Å². The van der Waals surface area contributed by atoms with E-state index in [9.17, 15) is 14.7 Å². The van der Waals surface area contributed by atoms with Crippen LogP contribution in [0.5, 0.6) is 0 Å². The van der Waals surface area contributed by atoms with Gasteiger partial charge in [-0.2, -0.15) is 0 Å². The first-order valence-corrected chi connectivity index (χ1v) is 5.88. The van der Waals surface area contributed by atoms with Gasteiger partial charge in [0.05, 0.1) is 25.9 Å². The first-order valence-electron chi connectivity index (χ1n) is 5.88. The maximum Gasteiger partial charge on any atom is 0.410 e. The fourth-order valence-electron chi connectivity index (χ4n) is 1.84. The highest BCUT2D eigenvalue weighted by molar-refractivity contribution is 5.81. The lowest BCUT2D eigenvalue weighted by Crippen LogP contribution is -2.52. The Morgan fingerprint density at radius 1 is 1.24 bits per heavy atom. The topological polar surface area (TPSA) is 76.1 Å². The Morgan fingerprint density at radius 2 is 1.88 bits per heavy atom. The number of ether oxygens (including phenoxy) is 2. The molecule has 0 aromatic carbocycles. The van der Waals surface area contributed by atoms with Crippen LogP contribution in [0.15, 0.2) is 0 Å². The van der Waals surface area contributed by atoms with Gasteiger partial charge in [-0.25, -0.2) is 9.59 Å². The number of aliphatic hydroxyl groups is 1. The van der Waals surface area contributed by atoms with Gasteiger partial charge in [0.15, 0.2) is 0 Å². The van der Waals surface area contributed by atoms with E-state index in [0.29, 0.717) is 12.8 Å². The van der Waals surface area contributed by atoms with Crippen LogP contribution >= 0.6 is 0 Å². The van der Waals surface area contributed by atoms with Crippen molar-refractivity contribution >= 4 is 12.1 Å². The van der Waals surface area contributed by atoms with E-state index >= 15 is 0 Å². The first kappa shape index (κ1) is 13.8. The van der Waals surface area contributed by atoms with E-state index in [1.165, 1.54) is 4.90 Å². The number of likely N-dealkylation sites (tertiary alicyclic amines) is 1. The lowest BCUT2D eigenvalue weighted by Gasteiger charge is -2.35. The fraction of sp³-hybridized carbons (Fsp3) is 0.818. The molecule has 6 nitrogen and oxygen atoms in total. The van der Waals surface area contributed by atoms with Gasteiger partial charge in [0, 0.05) is 0 Å². The maximum absolute atomic E-state index is 11.7. The zero-order valence-corrected chi connectivity index (χ0v) is 10.2. The van der Waals surface area contributed by atoms with Crippen molar-refractivity contribution in [1.29, 1.82) is 0 Å². The summed E-state index contributed by atoms with van der Waals surface area (Å²) in [6.45, 7) is 4.03. The molecule has 2 atom stereocenters. The molecular weight excluding hydrogens is 226 g/mol. The predicted molar refractivity (Wildman–Crippen MR) is 59.4 cm³/mol. The Balaban J connectivity index is 2.70. The molecule has 1 fully saturated rings. The van der Waals surface area contributed by atoms with Gasteiger partial charge >= 0.3 is 12.1 Å². The molecule has 0 unspecified atom stereocenters. The molecule has 0 aliphatic carbocycles. The van der Waals surface area contributed by atoms with Crippen LogP contribution in [0.2, 0.25) is 0 Å². The van der Waals surface area contributed by atoms with E-state index in [-0.39, 0.29) is 19.8 Å². The molecule has 1 aliphatic heterocycles. The van der Waals surface area contributed by atoms with Gasteiger partial charge in [-0.15, -0.1) is 0 Å². The maximum atomic E-state index is 11.7. The van der Waals surface area contributed by atoms with Crippen LogP contribution in [-0.4, -0.2) is 54.0 Å². The van der Waals surface area contributed by atoms with Crippen LogP contribution < -0.4 is 0 Å². The van der Waals surface area contributed by atoms with Gasteiger partial charge in [-0.3, -0.25) is 4.90 Å². The molecule has 1 heterocycles. The van der Waals surface area contributed by atoms with Crippen molar-refractivity contribution in [3.05, 3.63) is 0 Å². The lowest BCUT2D eigenvalue weighted by molar-refractivity contribution is -0.151. The van der Waals surface area contributed by atoms with Crippen LogP contribution in [0.3, 0.4) is 0 Å². The Hall–Kier alpha value is -1.30. The number of rotatable bonds is 3. The van der Waals surface area contributed by atoms with E-state index in [0.717, 1.165) is 0 Å². The molecule has 0 spiro atoms. The van der Waals surface area contributed by atoms with Crippen molar-refractivity contribution in [2.45, 2.75) is 38.8 Å². The number of esters is 1. The Labute approximate surface area is 100 Å². The highest BCUT2D eigenvalue weighted by Gasteiger charge is 2.37. The summed E-state index contributed by atoms with van der Waals surface area (Å²) in [7, 11) is 0. The average Bonchev–Trinajstić information content (AvgIpc) is 2.29. The van der Waals surface area contributed by atoms with Crippen molar-refractivity contribution in [2.24, 2.45) is 0 Å². The minimum atomic E-state index is -0.641. The minimum absolute atomic E-state index is 0.113. The third kappa shape index (κ3) is 3.59. The number of piperidine rings is 1. The highest BCUT2D eigenvalue weighted by Crippen LogP contribution is 2.19. The van der Waals surface area contributed by atoms with Crippen molar-refractivity contribution in [1.82, 2.24) is 4.90 Å². The second-order valence-corrected chi connectivity index (χ2v) is 3.85. The normalized spacial score (nSPS) is 24.3. The van der Waals surface area contributed by atoms with Gasteiger partial charge in [0.2, 0.25) is 0 Å². The van der Waals surface area contributed by atoms with Gasteiger partial charge in [-0.05, 0) is 26.7 Å². The summed E-state index contributed by atoms with van der Waals surface area (Å²) < 4.78 is 9.76. The smallest absolute Gasteiger partial charge is 0.410 e. The zero-order valence-electron chi connectivity index (χ0n) is 10.2. The Morgan fingerprint density at radius 3 is 2.47 bits per heavy atom. The number of nitrogens with zero attached hydrogens (tertiary/aromatic N) is 1. The summed E-state index contributed by atoms with van der Waals surface area (Å²) in [5.41, 5.74) is 0. The minimum Gasteiger partial charge on any atom is -0.464 e. The molecular formula is C11H19NO5. The predicted octanol–water partition coefficient (Wildman–Crippen LogP) is 0.531. The first-order chi connectivity index (χ1) is 8.10. The summed E-state index contributed by atoms with van der Waals surface area (Å²) in [6.07, 6.45) is -0.299. The van der Waals surface area contributed by atoms with Gasteiger partial charge in [-0.1, -0.05) is 0 Å². The molecule has 0 radical (unpaired) electrons. The molecule has 0 aromatic rings. The lowest BCUT2D eigenvalue weighted by atomic mass is 10.0. The zero-order chi connectivity index (χ0) is 12.8. The molecule has 1 saturated heterocycles. The van der Waals surface area contributed by atoms with Gasteiger partial charge in [0.25, 0.3) is 0 Å². The number of aliphatic hydroxyl groups excluding tert-OH is 1. The molecule has 0 aromatic heterocycles. The number of amides is 1. The van der Waals surface area contributed by atoms with E-state index in [4.69, 9.17) is 9.47 Å². The molecule has 1 N–H and O–H groups in total. The summed E-state index contributed by atoms with van der Waals surface area (Å²) >= 11 is 0. The molecule has 0 bridgehead atoms. The number of hydrogen-bond acceptors (Lipinski definition) is 5. The van der Waals surface area contributed by atoms with Crippen LogP contribution in [-0.2, 0) is 14.3 Å². The van der Waals surface area contributed by atoms with E-state index in [2.05, 4.69) is 0 Å². The van der Waals surface area contributed by atoms with Crippen LogP contribution in [0.1, 0.15) is 26.7 Å². The van der Waals surface area contributed by atoms with E-state index < -0.39 is 24.2 Å². The number of β-amino-alcohol motifs (C(OH)–C–C–N with tert-alkyl or cyclic N) is 1. The van der Waals surface area contributed by atoms with E-state index in [1.54, 1.807) is 13.8 Å². The van der Waals surface area contributed by atoms with Crippen LogP contribution in [0.4, 0.5) is 4.79 Å². The molecule has 98 valence electrons. The molecule has 17 heavy (non-hydrogen) atoms. The molecule has 6 heteroatoms. The third-order valence-electron chi connectivity index (χ3n) is 2.62. The van der Waals surface area contributed by atoms with Crippen molar-refractivity contribution in [3.8, 4) is 0 Å². The Kier molecular flexibility index (Phi) is 5.21. The van der Waals surface area contributed by atoms with Crippen molar-refractivity contribution in [3.63, 3.8) is 0 Å². The standard InChI is InChI=1S/C11H19NO5/c1-3-16-10(14)9-6-5-8(13)7-12(9)11(15)17-4-2/h8-9,13H,3-7H2,1-2H3/t8-,9+/m1/s1. The number of carbonyl (C=O) groups excluding carboxylic acids is 2. The van der Waals surface area contributed by atoms with Gasteiger partial charge < -0.3 is 14.6 Å². The summed E-state index contributed by atoms with van der Waals surface area (Å²) in [5.74, 6) is -0.438. The molecule has 0 saturated carbocycles. The summed E-state index contributed by atoms with van der Waals surface area (Å²) in [4.78, 5) is 24.6. The average molecular weight is 245 g/mol. The summed E-state index contributed by atoms with van der Waals surface area (Å²) in [6, 6.07) is -0.641. The largest absolute Gasteiger partial charge is 0.464 e.